The summed E-state index contributed by atoms with van der Waals surface area (Å²) < 4.78 is 15.9. The zero-order chi connectivity index (χ0) is 17.4. The van der Waals surface area contributed by atoms with E-state index in [9.17, 15) is 0 Å². The van der Waals surface area contributed by atoms with Gasteiger partial charge in [0.15, 0.2) is 0 Å². The maximum Gasteiger partial charge on any atom is 0.127 e. The van der Waals surface area contributed by atoms with Crippen LogP contribution in [0.25, 0.3) is 0 Å². The molecule has 0 bridgehead atoms. The lowest BCUT2D eigenvalue weighted by Crippen LogP contribution is -2.26. The Balaban J connectivity index is 1.83. The maximum absolute atomic E-state index is 5.44. The van der Waals surface area contributed by atoms with Crippen LogP contribution in [0.4, 0.5) is 0 Å². The van der Waals surface area contributed by atoms with Crippen molar-refractivity contribution in [2.75, 3.05) is 21.3 Å². The Kier molecular flexibility index (Phi) is 6.94. The lowest BCUT2D eigenvalue weighted by Gasteiger charge is -2.16. The smallest absolute Gasteiger partial charge is 0.127 e. The third-order valence-electron chi connectivity index (χ3n) is 4.16. The first-order valence-electron chi connectivity index (χ1n) is 8.23. The molecule has 4 nitrogen and oxygen atoms in total. The Hall–Kier alpha value is -2.20. The van der Waals surface area contributed by atoms with Crippen molar-refractivity contribution in [3.8, 4) is 17.2 Å². The fourth-order valence-electron chi connectivity index (χ4n) is 2.56. The zero-order valence-corrected chi connectivity index (χ0v) is 15.0. The van der Waals surface area contributed by atoms with Crippen LogP contribution in [0.1, 0.15) is 24.5 Å². The van der Waals surface area contributed by atoms with E-state index in [1.807, 2.05) is 30.3 Å². The van der Waals surface area contributed by atoms with Crippen LogP contribution in [-0.2, 0) is 13.0 Å². The highest BCUT2D eigenvalue weighted by molar-refractivity contribution is 5.40. The van der Waals surface area contributed by atoms with E-state index in [4.69, 9.17) is 14.2 Å². The van der Waals surface area contributed by atoms with Gasteiger partial charge in [-0.25, -0.2) is 0 Å². The van der Waals surface area contributed by atoms with Gasteiger partial charge >= 0.3 is 0 Å². The van der Waals surface area contributed by atoms with Gasteiger partial charge in [0, 0.05) is 24.2 Å². The molecule has 1 N–H and O–H groups in total. The van der Waals surface area contributed by atoms with Gasteiger partial charge in [0.2, 0.25) is 0 Å². The molecule has 0 aliphatic carbocycles. The fourth-order valence-corrected chi connectivity index (χ4v) is 2.56. The van der Waals surface area contributed by atoms with Crippen LogP contribution in [0, 0.1) is 0 Å². The highest BCUT2D eigenvalue weighted by Gasteiger charge is 2.07. The second kappa shape index (κ2) is 9.18. The largest absolute Gasteiger partial charge is 0.497 e. The molecule has 0 aliphatic heterocycles. The van der Waals surface area contributed by atoms with Gasteiger partial charge in [-0.15, -0.1) is 0 Å². The molecule has 0 radical (unpaired) electrons. The van der Waals surface area contributed by atoms with Crippen molar-refractivity contribution in [2.45, 2.75) is 32.4 Å². The van der Waals surface area contributed by atoms with Crippen LogP contribution < -0.4 is 19.5 Å². The number of ether oxygens (including phenoxy) is 3. The van der Waals surface area contributed by atoms with Crippen LogP contribution in [0.3, 0.4) is 0 Å². The summed E-state index contributed by atoms with van der Waals surface area (Å²) >= 11 is 0. The van der Waals surface area contributed by atoms with Crippen LogP contribution >= 0.6 is 0 Å². The first kappa shape index (κ1) is 18.1. The monoisotopic (exact) mass is 329 g/mol. The predicted octanol–water partition coefficient (Wildman–Crippen LogP) is 3.82. The molecule has 0 saturated heterocycles. The molecular weight excluding hydrogens is 302 g/mol. The average molecular weight is 329 g/mol. The van der Waals surface area contributed by atoms with Gasteiger partial charge in [-0.2, -0.15) is 0 Å². The van der Waals surface area contributed by atoms with Crippen molar-refractivity contribution in [1.82, 2.24) is 5.32 Å². The Labute approximate surface area is 144 Å². The number of nitrogens with one attached hydrogen (secondary N) is 1. The predicted molar refractivity (Wildman–Crippen MR) is 97.2 cm³/mol. The minimum atomic E-state index is 0.416. The molecule has 1 atom stereocenters. The van der Waals surface area contributed by atoms with E-state index in [1.54, 1.807) is 21.3 Å². The summed E-state index contributed by atoms with van der Waals surface area (Å²) in [5, 5.41) is 3.56. The summed E-state index contributed by atoms with van der Waals surface area (Å²) in [7, 11) is 5.04. The molecule has 24 heavy (non-hydrogen) atoms. The molecule has 1 unspecified atom stereocenters. The Morgan fingerprint density at radius 2 is 1.54 bits per heavy atom. The molecule has 0 amide bonds. The topological polar surface area (TPSA) is 39.7 Å². The highest BCUT2D eigenvalue weighted by atomic mass is 16.5. The summed E-state index contributed by atoms with van der Waals surface area (Å²) in [6, 6.07) is 14.6. The molecule has 2 aromatic rings. The van der Waals surface area contributed by atoms with Gasteiger partial charge in [0.1, 0.15) is 17.2 Å². The second-order valence-corrected chi connectivity index (χ2v) is 5.85. The standard InChI is InChI=1S/C20H27NO3/c1-15(5-6-16-7-10-18(22-2)11-8-16)21-14-17-9-12-19(23-3)13-20(17)24-4/h7-13,15,21H,5-6,14H2,1-4H3. The van der Waals surface area contributed by atoms with Crippen LogP contribution in [0.5, 0.6) is 17.2 Å². The van der Waals surface area contributed by atoms with Crippen molar-refractivity contribution < 1.29 is 14.2 Å². The molecule has 0 spiro atoms. The minimum absolute atomic E-state index is 0.416. The molecule has 0 fully saturated rings. The first-order valence-corrected chi connectivity index (χ1v) is 8.23. The summed E-state index contributed by atoms with van der Waals surface area (Å²) in [4.78, 5) is 0. The quantitative estimate of drug-likeness (QED) is 0.759. The molecule has 2 rings (SSSR count). The van der Waals surface area contributed by atoms with Crippen molar-refractivity contribution >= 4 is 0 Å². The molecule has 0 saturated carbocycles. The van der Waals surface area contributed by atoms with Crippen molar-refractivity contribution in [3.05, 3.63) is 53.6 Å². The van der Waals surface area contributed by atoms with E-state index in [-0.39, 0.29) is 0 Å². The number of rotatable bonds is 9. The van der Waals surface area contributed by atoms with Crippen LogP contribution in [0.15, 0.2) is 42.5 Å². The molecule has 0 aromatic heterocycles. The third-order valence-corrected chi connectivity index (χ3v) is 4.16. The van der Waals surface area contributed by atoms with Gasteiger partial charge < -0.3 is 19.5 Å². The maximum atomic E-state index is 5.44. The van der Waals surface area contributed by atoms with Gasteiger partial charge in [-0.3, -0.25) is 0 Å². The molecule has 0 heterocycles. The van der Waals surface area contributed by atoms with Crippen molar-refractivity contribution in [3.63, 3.8) is 0 Å². The number of methoxy groups -OCH3 is 3. The number of aryl methyl sites for hydroxylation is 1. The van der Waals surface area contributed by atoms with Crippen LogP contribution in [0.2, 0.25) is 0 Å². The van der Waals surface area contributed by atoms with E-state index in [0.29, 0.717) is 6.04 Å². The molecule has 0 aliphatic rings. The van der Waals surface area contributed by atoms with Crippen LogP contribution in [-0.4, -0.2) is 27.4 Å². The van der Waals surface area contributed by atoms with E-state index < -0.39 is 0 Å². The first-order chi connectivity index (χ1) is 11.7. The van der Waals surface area contributed by atoms with E-state index >= 15 is 0 Å². The lowest BCUT2D eigenvalue weighted by atomic mass is 10.1. The summed E-state index contributed by atoms with van der Waals surface area (Å²) in [5.74, 6) is 2.56. The third kappa shape index (κ3) is 5.17. The molecule has 2 aromatic carbocycles. The lowest BCUT2D eigenvalue weighted by molar-refractivity contribution is 0.388. The Morgan fingerprint density at radius 3 is 2.17 bits per heavy atom. The number of hydrogen-bond donors (Lipinski definition) is 1. The highest BCUT2D eigenvalue weighted by Crippen LogP contribution is 2.24. The average Bonchev–Trinajstić information content (AvgIpc) is 2.64. The van der Waals surface area contributed by atoms with Gasteiger partial charge in [0.05, 0.1) is 21.3 Å². The Bertz CT molecular complexity index is 625. The zero-order valence-electron chi connectivity index (χ0n) is 15.0. The molecule has 130 valence electrons. The summed E-state index contributed by atoms with van der Waals surface area (Å²) in [6.07, 6.45) is 2.11. The summed E-state index contributed by atoms with van der Waals surface area (Å²) in [6.45, 7) is 2.98. The van der Waals surface area contributed by atoms with Crippen molar-refractivity contribution in [1.29, 1.82) is 0 Å². The Morgan fingerprint density at radius 1 is 0.875 bits per heavy atom. The minimum Gasteiger partial charge on any atom is -0.497 e. The number of hydrogen-bond acceptors (Lipinski definition) is 4. The molecular formula is C20H27NO3. The normalized spacial score (nSPS) is 11.8. The second-order valence-electron chi connectivity index (χ2n) is 5.85. The van der Waals surface area contributed by atoms with E-state index in [1.165, 1.54) is 5.56 Å². The summed E-state index contributed by atoms with van der Waals surface area (Å²) in [5.41, 5.74) is 2.46. The number of benzene rings is 2. The van der Waals surface area contributed by atoms with Crippen molar-refractivity contribution in [2.24, 2.45) is 0 Å². The molecule has 4 heteroatoms. The van der Waals surface area contributed by atoms with Gasteiger partial charge in [0.25, 0.3) is 0 Å². The SMILES string of the molecule is COc1ccc(CCC(C)NCc2ccc(OC)cc2OC)cc1. The van der Waals surface area contributed by atoms with Gasteiger partial charge in [-0.05, 0) is 43.5 Å². The fraction of sp³-hybridized carbons (Fsp3) is 0.400. The van der Waals surface area contributed by atoms with E-state index in [0.717, 1.165) is 42.2 Å². The van der Waals surface area contributed by atoms with Gasteiger partial charge in [-0.1, -0.05) is 18.2 Å². The van der Waals surface area contributed by atoms with E-state index in [2.05, 4.69) is 24.4 Å².